The number of hydrogen-bond acceptors (Lipinski definition) is 5. The molecule has 6 nitrogen and oxygen atoms in total. The average molecular weight is 462 g/mol. The van der Waals surface area contributed by atoms with E-state index in [1.54, 1.807) is 30.3 Å². The van der Waals surface area contributed by atoms with Gasteiger partial charge in [-0.2, -0.15) is 0 Å². The van der Waals surface area contributed by atoms with Gasteiger partial charge in [0, 0.05) is 23.5 Å². The fraction of sp³-hybridized carbons (Fsp3) is 0.269. The predicted octanol–water partition coefficient (Wildman–Crippen LogP) is 5.38. The van der Waals surface area contributed by atoms with Gasteiger partial charge in [-0.1, -0.05) is 30.3 Å². The number of anilines is 2. The van der Waals surface area contributed by atoms with Crippen LogP contribution in [0.2, 0.25) is 0 Å². The number of fused-ring (bicyclic) bond motifs is 1. The molecule has 0 radical (unpaired) electrons. The first-order valence-electron chi connectivity index (χ1n) is 10.9. The van der Waals surface area contributed by atoms with E-state index in [9.17, 15) is 14.4 Å². The Morgan fingerprint density at radius 2 is 1.85 bits per heavy atom. The highest BCUT2D eigenvalue weighted by Crippen LogP contribution is 2.40. The summed E-state index contributed by atoms with van der Waals surface area (Å²) in [6, 6.07) is 15.0. The highest BCUT2D eigenvalue weighted by molar-refractivity contribution is 8.18. The second-order valence-electron chi connectivity index (χ2n) is 8.68. The Kier molecular flexibility index (Phi) is 6.17. The van der Waals surface area contributed by atoms with Crippen molar-refractivity contribution in [1.29, 1.82) is 0 Å². The third-order valence-corrected chi connectivity index (χ3v) is 6.76. The fourth-order valence-electron chi connectivity index (χ4n) is 4.42. The number of imide groups is 1. The molecule has 3 amide bonds. The van der Waals surface area contributed by atoms with Crippen LogP contribution in [-0.4, -0.2) is 40.6 Å². The number of rotatable bonds is 5. The van der Waals surface area contributed by atoms with Crippen molar-refractivity contribution >= 4 is 51.8 Å². The minimum Gasteiger partial charge on any atom is -0.363 e. The van der Waals surface area contributed by atoms with E-state index in [2.05, 4.69) is 56.1 Å². The van der Waals surface area contributed by atoms with Gasteiger partial charge in [0.15, 0.2) is 0 Å². The molecule has 0 aliphatic carbocycles. The molecular weight excluding hydrogens is 434 g/mol. The van der Waals surface area contributed by atoms with E-state index in [-0.39, 0.29) is 12.1 Å². The molecule has 2 aromatic rings. The van der Waals surface area contributed by atoms with Crippen LogP contribution in [-0.2, 0) is 9.59 Å². The van der Waals surface area contributed by atoms with Crippen LogP contribution in [0.4, 0.5) is 16.2 Å². The van der Waals surface area contributed by atoms with Crippen molar-refractivity contribution in [3.8, 4) is 0 Å². The van der Waals surface area contributed by atoms with Crippen molar-refractivity contribution in [2.24, 2.45) is 0 Å². The molecule has 2 heterocycles. The third kappa shape index (κ3) is 4.59. The number of carbonyl (C=O) groups is 3. The zero-order valence-electron chi connectivity index (χ0n) is 19.2. The summed E-state index contributed by atoms with van der Waals surface area (Å²) in [5.41, 5.74) is 4.84. The minimum absolute atomic E-state index is 0.0731. The quantitative estimate of drug-likeness (QED) is 0.605. The van der Waals surface area contributed by atoms with Crippen molar-refractivity contribution in [1.82, 2.24) is 4.90 Å². The topological polar surface area (TPSA) is 69.7 Å². The number of thioether (sulfide) groups is 1. The summed E-state index contributed by atoms with van der Waals surface area (Å²) < 4.78 is 0. The number of benzene rings is 2. The molecule has 170 valence electrons. The Labute approximate surface area is 198 Å². The molecule has 2 aromatic carbocycles. The lowest BCUT2D eigenvalue weighted by Gasteiger charge is -2.42. The summed E-state index contributed by atoms with van der Waals surface area (Å²) in [5.74, 6) is -0.865. The molecule has 4 rings (SSSR count). The summed E-state index contributed by atoms with van der Waals surface area (Å²) in [6.45, 7) is 9.19. The number of amides is 3. The van der Waals surface area contributed by atoms with E-state index in [0.29, 0.717) is 10.6 Å². The summed E-state index contributed by atoms with van der Waals surface area (Å²) in [4.78, 5) is 41.3. The van der Waals surface area contributed by atoms with Gasteiger partial charge in [0.25, 0.3) is 11.1 Å². The van der Waals surface area contributed by atoms with Gasteiger partial charge in [-0.25, -0.2) is 0 Å². The van der Waals surface area contributed by atoms with Crippen LogP contribution in [0.25, 0.3) is 11.6 Å². The first kappa shape index (κ1) is 22.9. The lowest BCUT2D eigenvalue weighted by Crippen LogP contribution is -2.44. The van der Waals surface area contributed by atoms with Crippen LogP contribution in [0.3, 0.4) is 0 Å². The van der Waals surface area contributed by atoms with Crippen LogP contribution in [0.15, 0.2) is 59.5 Å². The van der Waals surface area contributed by atoms with E-state index in [4.69, 9.17) is 0 Å². The molecule has 1 saturated heterocycles. The summed E-state index contributed by atoms with van der Waals surface area (Å²) >= 11 is 0.861. The van der Waals surface area contributed by atoms with Gasteiger partial charge < -0.3 is 10.2 Å². The molecule has 1 N–H and O–H groups in total. The molecule has 0 unspecified atom stereocenters. The normalized spacial score (nSPS) is 18.4. The van der Waals surface area contributed by atoms with Crippen molar-refractivity contribution < 1.29 is 14.4 Å². The van der Waals surface area contributed by atoms with Gasteiger partial charge in [0.1, 0.15) is 6.54 Å². The SMILES string of the molecule is CCN1c2ccc(/C=C3/SC(=O)N(CC(=O)Nc4ccccc4)C3=O)cc2C(C)=CC1(C)C. The van der Waals surface area contributed by atoms with Crippen LogP contribution < -0.4 is 10.2 Å². The van der Waals surface area contributed by atoms with E-state index in [0.717, 1.165) is 40.0 Å². The lowest BCUT2D eigenvalue weighted by atomic mass is 9.88. The monoisotopic (exact) mass is 461 g/mol. The number of para-hydroxylation sites is 1. The van der Waals surface area contributed by atoms with Gasteiger partial charge in [-0.15, -0.1) is 0 Å². The number of nitrogens with one attached hydrogen (secondary N) is 1. The van der Waals surface area contributed by atoms with Crippen LogP contribution in [0.5, 0.6) is 0 Å². The Bertz CT molecular complexity index is 1180. The number of hydrogen-bond donors (Lipinski definition) is 1. The number of nitrogens with zero attached hydrogens (tertiary/aromatic N) is 2. The van der Waals surface area contributed by atoms with Gasteiger partial charge in [0.05, 0.1) is 10.4 Å². The number of allylic oxidation sites excluding steroid dienone is 1. The number of likely N-dealkylation sites (N-methyl/N-ethyl adjacent to an activating group) is 1. The van der Waals surface area contributed by atoms with Crippen LogP contribution in [0.1, 0.15) is 38.8 Å². The second-order valence-corrected chi connectivity index (χ2v) is 9.68. The summed E-state index contributed by atoms with van der Waals surface area (Å²) in [5, 5.41) is 2.26. The molecule has 7 heteroatoms. The lowest BCUT2D eigenvalue weighted by molar-refractivity contribution is -0.127. The highest BCUT2D eigenvalue weighted by atomic mass is 32.2. The minimum atomic E-state index is -0.450. The van der Waals surface area contributed by atoms with Gasteiger partial charge >= 0.3 is 0 Å². The molecule has 0 saturated carbocycles. The van der Waals surface area contributed by atoms with Crippen molar-refractivity contribution in [2.75, 3.05) is 23.3 Å². The van der Waals surface area contributed by atoms with E-state index < -0.39 is 17.1 Å². The molecule has 0 spiro atoms. The van der Waals surface area contributed by atoms with Crippen molar-refractivity contribution in [2.45, 2.75) is 33.2 Å². The molecule has 0 atom stereocenters. The summed E-state index contributed by atoms with van der Waals surface area (Å²) in [6.07, 6.45) is 3.98. The second kappa shape index (κ2) is 8.90. The molecule has 2 aliphatic rings. The van der Waals surface area contributed by atoms with Gasteiger partial charge in [-0.3, -0.25) is 19.3 Å². The zero-order chi connectivity index (χ0) is 23.8. The Morgan fingerprint density at radius 1 is 1.12 bits per heavy atom. The third-order valence-electron chi connectivity index (χ3n) is 5.85. The standard InChI is InChI=1S/C26H27N3O3S/c1-5-29-21-12-11-18(13-20(21)17(2)15-26(29,3)4)14-22-24(31)28(25(32)33-22)16-23(30)27-19-9-7-6-8-10-19/h6-15H,5,16H2,1-4H3,(H,27,30)/b22-14+. The first-order chi connectivity index (χ1) is 15.7. The largest absolute Gasteiger partial charge is 0.363 e. The maximum atomic E-state index is 12.9. The van der Waals surface area contributed by atoms with Crippen molar-refractivity contribution in [3.05, 3.63) is 70.6 Å². The molecule has 33 heavy (non-hydrogen) atoms. The van der Waals surface area contributed by atoms with Gasteiger partial charge in [-0.05, 0) is 80.9 Å². The zero-order valence-corrected chi connectivity index (χ0v) is 20.0. The highest BCUT2D eigenvalue weighted by Gasteiger charge is 2.36. The molecular formula is C26H27N3O3S. The van der Waals surface area contributed by atoms with Gasteiger partial charge in [0.2, 0.25) is 5.91 Å². The molecule has 0 bridgehead atoms. The maximum absolute atomic E-state index is 12.9. The molecule has 2 aliphatic heterocycles. The van der Waals surface area contributed by atoms with E-state index in [1.165, 1.54) is 5.57 Å². The van der Waals surface area contributed by atoms with E-state index in [1.807, 2.05) is 12.1 Å². The fourth-order valence-corrected chi connectivity index (χ4v) is 5.26. The van der Waals surface area contributed by atoms with E-state index >= 15 is 0 Å². The predicted molar refractivity (Wildman–Crippen MR) is 135 cm³/mol. The Hall–Kier alpha value is -3.32. The van der Waals surface area contributed by atoms with Crippen molar-refractivity contribution in [3.63, 3.8) is 0 Å². The maximum Gasteiger partial charge on any atom is 0.294 e. The van der Waals surface area contributed by atoms with Crippen LogP contribution >= 0.6 is 11.8 Å². The molecule has 0 aromatic heterocycles. The number of carbonyl (C=O) groups excluding carboxylic acids is 3. The molecule has 1 fully saturated rings. The van der Waals surface area contributed by atoms with Crippen LogP contribution in [0, 0.1) is 0 Å². The first-order valence-corrected chi connectivity index (χ1v) is 11.7. The summed E-state index contributed by atoms with van der Waals surface area (Å²) in [7, 11) is 0. The average Bonchev–Trinajstić information content (AvgIpc) is 3.02. The smallest absolute Gasteiger partial charge is 0.294 e. The Morgan fingerprint density at radius 3 is 2.55 bits per heavy atom. The Balaban J connectivity index is 1.53.